The molecule has 702 valence electrons. The maximum Gasteiger partial charge on any atom is 0.238 e. The van der Waals surface area contributed by atoms with Gasteiger partial charge in [0.1, 0.15) is 0 Å². The number of rotatable bonds is 15. The van der Waals surface area contributed by atoms with Crippen molar-refractivity contribution >= 4 is 160 Å². The maximum absolute atomic E-state index is 5.29. The summed E-state index contributed by atoms with van der Waals surface area (Å²) in [6.07, 6.45) is 3.63. The van der Waals surface area contributed by atoms with E-state index in [1.165, 1.54) is 160 Å². The van der Waals surface area contributed by atoms with Crippen molar-refractivity contribution in [3.05, 3.63) is 516 Å². The molecule has 0 aliphatic heterocycles. The average Bonchev–Trinajstić information content (AvgIpc) is 1.56. The van der Waals surface area contributed by atoms with Crippen LogP contribution in [0.1, 0.15) is 0 Å². The van der Waals surface area contributed by atoms with Crippen molar-refractivity contribution in [1.82, 2.24) is 53.6 Å². The summed E-state index contributed by atoms with van der Waals surface area (Å²) in [6.45, 7) is 0. The summed E-state index contributed by atoms with van der Waals surface area (Å²) < 4.78 is 14.5. The van der Waals surface area contributed by atoms with Gasteiger partial charge in [0.15, 0.2) is 11.6 Å². The normalized spacial score (nSPS) is 11.6. The molecule has 150 heavy (non-hydrogen) atoms. The minimum atomic E-state index is 0.592. The molecule has 0 saturated carbocycles. The Morgan fingerprint density at radius 1 is 0.147 bits per heavy atom. The molecular weight excluding hydrogens is 1880 g/mol. The van der Waals surface area contributed by atoms with Gasteiger partial charge in [-0.05, 0) is 218 Å². The van der Waals surface area contributed by atoms with E-state index in [0.717, 1.165) is 95.2 Å². The van der Waals surface area contributed by atoms with Gasteiger partial charge in [-0.2, -0.15) is 9.97 Å². The van der Waals surface area contributed by atoms with E-state index in [9.17, 15) is 0 Å². The van der Waals surface area contributed by atoms with Crippen LogP contribution in [0.4, 0.5) is 0 Å². The van der Waals surface area contributed by atoms with Crippen molar-refractivity contribution in [2.24, 2.45) is 0 Å². The highest BCUT2D eigenvalue weighted by Crippen LogP contribution is 2.51. The molecule has 0 fully saturated rings. The van der Waals surface area contributed by atoms with Crippen LogP contribution in [-0.2, 0) is 0 Å². The lowest BCUT2D eigenvalue weighted by Gasteiger charge is -2.13. The molecule has 11 nitrogen and oxygen atoms in total. The second kappa shape index (κ2) is 37.7. The third-order valence-electron chi connectivity index (χ3n) is 28.6. The van der Waals surface area contributed by atoms with Crippen molar-refractivity contribution in [2.75, 3.05) is 0 Å². The number of benzene rings is 19. The minimum Gasteiger partial charge on any atom is -0.309 e. The fourth-order valence-electron chi connectivity index (χ4n) is 21.6. The van der Waals surface area contributed by atoms with Gasteiger partial charge in [0.25, 0.3) is 0 Å². The molecular formula is C136H85N11S3. The number of fused-ring (bicyclic) bond motifs is 21. The smallest absolute Gasteiger partial charge is 0.238 e. The molecule has 0 unspecified atom stereocenters. The summed E-state index contributed by atoms with van der Waals surface area (Å²) in [6, 6.07) is 178. The zero-order chi connectivity index (χ0) is 99.1. The van der Waals surface area contributed by atoms with Crippen LogP contribution in [0, 0.1) is 0 Å². The quantitative estimate of drug-likeness (QED) is 0.0996. The standard InChI is InChI=1S/C46H29N3S.2C45H28N4S/c1-5-13-30(14-6-1)34-21-23-40-36(27-34)44-41(24-26-43-45(44)37-28-35(22-25-42(37)50-43)31-15-7-2-8-16-31)49(40)46-47-38(32-17-9-3-10-18-32)29-39(48-46)33-19-11-4-12-20-33;1-5-13-29(14-6-1)33-21-23-37-35(27-33)41-38(24-26-40-42(41)36-28-34(22-25-39(36)50-40)30-15-7-2-8-16-30)49(37)45-47-43(31-17-9-3-10-18-31)46-44(48-45)32-19-11-4-12-20-32;1-3-11-29(12-4-1)31-17-19-40-34(25-31)44-41(20-22-43-45(44)35-26-32(18-21-42(35)50-43)30-13-5-2-6-14-30)49(40)33-27-38(36-15-7-9-23-46-36)48-39(28-33)37-16-8-10-24-47-37/h1-29H;2*1-28H. The summed E-state index contributed by atoms with van der Waals surface area (Å²) in [4.78, 5) is 40.4. The van der Waals surface area contributed by atoms with E-state index < -0.39 is 0 Å². The SMILES string of the molecule is c1ccc(-c2ccc3sc4ccc5c(c6cc(-c7ccccc7)ccc6n5-c5cc(-c6ccccn6)nc(-c6ccccn6)c5)c4c3c2)cc1.c1ccc(-c2ccc3sc4ccc5c(c6cc(-c7ccccc7)ccc6n5-c5nc(-c6ccccc6)cc(-c6ccccc6)n5)c4c3c2)cc1.c1ccc(-c2ccc3sc4ccc5c(c6cc(-c7ccccc7)ccc6n5-c5nc(-c6ccccc6)nc(-c6ccccc6)n5)c4c3c2)cc1. The average molecular weight is 1970 g/mol. The van der Waals surface area contributed by atoms with Crippen molar-refractivity contribution in [1.29, 1.82) is 0 Å². The van der Waals surface area contributed by atoms with Crippen LogP contribution >= 0.6 is 34.0 Å². The fourth-order valence-corrected chi connectivity index (χ4v) is 24.9. The van der Waals surface area contributed by atoms with Gasteiger partial charge in [0.2, 0.25) is 11.9 Å². The molecule has 11 aromatic heterocycles. The number of nitrogens with zero attached hydrogens (tertiary/aromatic N) is 11. The van der Waals surface area contributed by atoms with Crippen molar-refractivity contribution in [3.63, 3.8) is 0 Å². The molecule has 0 atom stereocenters. The summed E-state index contributed by atoms with van der Waals surface area (Å²) in [5, 5.41) is 14.9. The van der Waals surface area contributed by atoms with Crippen LogP contribution in [0.3, 0.4) is 0 Å². The third-order valence-corrected chi connectivity index (χ3v) is 32.0. The largest absolute Gasteiger partial charge is 0.309 e. The number of thiophene rings is 3. The number of hydrogen-bond donors (Lipinski definition) is 0. The van der Waals surface area contributed by atoms with Crippen LogP contribution in [0.2, 0.25) is 0 Å². The first-order valence-corrected chi connectivity index (χ1v) is 52.7. The molecule has 0 bridgehead atoms. The van der Waals surface area contributed by atoms with Crippen molar-refractivity contribution < 1.29 is 0 Å². The molecule has 30 aromatic rings. The maximum atomic E-state index is 5.29. The lowest BCUT2D eigenvalue weighted by molar-refractivity contribution is 0.953. The summed E-state index contributed by atoms with van der Waals surface area (Å²) in [5.41, 5.74) is 31.0. The van der Waals surface area contributed by atoms with Gasteiger partial charge < -0.3 is 4.57 Å². The second-order valence-corrected chi connectivity index (χ2v) is 40.8. The highest BCUT2D eigenvalue weighted by atomic mass is 32.1. The lowest BCUT2D eigenvalue weighted by atomic mass is 9.99. The first kappa shape index (κ1) is 88.5. The van der Waals surface area contributed by atoms with Gasteiger partial charge in [-0.25, -0.2) is 19.9 Å². The van der Waals surface area contributed by atoms with Crippen LogP contribution < -0.4 is 0 Å². The van der Waals surface area contributed by atoms with Crippen molar-refractivity contribution in [2.45, 2.75) is 0 Å². The Labute approximate surface area is 875 Å². The van der Waals surface area contributed by atoms with E-state index in [1.807, 2.05) is 131 Å². The monoisotopic (exact) mass is 1970 g/mol. The molecule has 0 aliphatic carbocycles. The Kier molecular flexibility index (Phi) is 22.3. The fraction of sp³-hybridized carbons (Fsp3) is 0. The van der Waals surface area contributed by atoms with E-state index in [0.29, 0.717) is 23.5 Å². The van der Waals surface area contributed by atoms with E-state index in [2.05, 4.69) is 442 Å². The Morgan fingerprint density at radius 2 is 0.400 bits per heavy atom. The zero-order valence-electron chi connectivity index (χ0n) is 80.7. The molecule has 0 saturated heterocycles. The Morgan fingerprint density at radius 3 is 0.707 bits per heavy atom. The van der Waals surface area contributed by atoms with Crippen molar-refractivity contribution in [3.8, 4) is 152 Å². The van der Waals surface area contributed by atoms with Gasteiger partial charge >= 0.3 is 0 Å². The van der Waals surface area contributed by atoms with Gasteiger partial charge in [0.05, 0.1) is 73.0 Å². The van der Waals surface area contributed by atoms with Crippen LogP contribution in [0.25, 0.3) is 278 Å². The number of pyridine rings is 3. The van der Waals surface area contributed by atoms with Gasteiger partial charge in [-0.1, -0.05) is 352 Å². The molecule has 0 N–H and O–H groups in total. The molecule has 19 aromatic carbocycles. The predicted octanol–water partition coefficient (Wildman–Crippen LogP) is 36.6. The Bertz CT molecular complexity index is 9300. The van der Waals surface area contributed by atoms with Crippen LogP contribution in [0.5, 0.6) is 0 Å². The predicted molar refractivity (Wildman–Crippen MR) is 629 cm³/mol. The summed E-state index contributed by atoms with van der Waals surface area (Å²) >= 11 is 5.56. The first-order valence-electron chi connectivity index (χ1n) is 50.2. The molecule has 0 spiro atoms. The van der Waals surface area contributed by atoms with E-state index in [1.54, 1.807) is 0 Å². The van der Waals surface area contributed by atoms with E-state index in [-0.39, 0.29) is 0 Å². The van der Waals surface area contributed by atoms with Gasteiger partial charge in [-0.3, -0.25) is 19.1 Å². The van der Waals surface area contributed by atoms with Crippen LogP contribution in [-0.4, -0.2) is 53.6 Å². The second-order valence-electron chi connectivity index (χ2n) is 37.5. The zero-order valence-corrected chi connectivity index (χ0v) is 83.2. The van der Waals surface area contributed by atoms with E-state index >= 15 is 0 Å². The molecule has 30 rings (SSSR count). The van der Waals surface area contributed by atoms with E-state index in [4.69, 9.17) is 29.9 Å². The topological polar surface area (TPSA) is 118 Å². The summed E-state index contributed by atoms with van der Waals surface area (Å²) in [7, 11) is 0. The van der Waals surface area contributed by atoms with Gasteiger partial charge in [-0.15, -0.1) is 34.0 Å². The highest BCUT2D eigenvalue weighted by molar-refractivity contribution is 7.27. The first-order chi connectivity index (χ1) is 74.3. The summed E-state index contributed by atoms with van der Waals surface area (Å²) in [5.74, 6) is 2.52. The van der Waals surface area contributed by atoms with Gasteiger partial charge in [0, 0.05) is 127 Å². The lowest BCUT2D eigenvalue weighted by Crippen LogP contribution is -2.06. The van der Waals surface area contributed by atoms with Crippen LogP contribution in [0.15, 0.2) is 516 Å². The highest BCUT2D eigenvalue weighted by Gasteiger charge is 2.28. The number of hydrogen-bond acceptors (Lipinski definition) is 11. The molecule has 0 aliphatic rings. The molecule has 0 amide bonds. The molecule has 11 heterocycles. The Balaban J connectivity index is 0.000000108. The third kappa shape index (κ3) is 16.1. The minimum absolute atomic E-state index is 0.592. The number of aromatic nitrogens is 11. The Hall–Kier alpha value is -19.2. The molecule has 14 heteroatoms. The molecule has 0 radical (unpaired) electrons.